The molecule has 1 aromatic rings. The van der Waals surface area contributed by atoms with E-state index in [2.05, 4.69) is 43.2 Å². The van der Waals surface area contributed by atoms with E-state index in [1.807, 2.05) is 12.4 Å². The van der Waals surface area contributed by atoms with E-state index in [1.165, 1.54) is 24.8 Å². The molecule has 0 radical (unpaired) electrons. The Hall–Kier alpha value is -0.890. The molecule has 2 nitrogen and oxygen atoms in total. The molecular formula is C14H22N2. The molecule has 2 rings (SSSR count). The van der Waals surface area contributed by atoms with Crippen LogP contribution in [0.3, 0.4) is 0 Å². The molecule has 0 spiro atoms. The third kappa shape index (κ3) is 2.82. The average Bonchev–Trinajstić information content (AvgIpc) is 2.59. The lowest BCUT2D eigenvalue weighted by molar-refractivity contribution is 0.356. The highest BCUT2D eigenvalue weighted by Crippen LogP contribution is 2.37. The molecule has 0 aliphatic heterocycles. The van der Waals surface area contributed by atoms with Crippen LogP contribution in [0.4, 0.5) is 0 Å². The van der Waals surface area contributed by atoms with Gasteiger partial charge in [0.1, 0.15) is 0 Å². The lowest BCUT2D eigenvalue weighted by Gasteiger charge is -2.21. The number of hydrogen-bond donors (Lipinski definition) is 1. The molecule has 0 saturated heterocycles. The van der Waals surface area contributed by atoms with Crippen molar-refractivity contribution in [3.05, 3.63) is 30.1 Å². The van der Waals surface area contributed by atoms with Crippen LogP contribution in [0.15, 0.2) is 24.5 Å². The van der Waals surface area contributed by atoms with Gasteiger partial charge in [-0.05, 0) is 49.3 Å². The first-order chi connectivity index (χ1) is 7.57. The molecule has 1 saturated carbocycles. The number of hydrogen-bond acceptors (Lipinski definition) is 2. The Balaban J connectivity index is 1.91. The second kappa shape index (κ2) is 4.54. The third-order valence-corrected chi connectivity index (χ3v) is 3.66. The van der Waals surface area contributed by atoms with Gasteiger partial charge in [0.2, 0.25) is 0 Å². The predicted octanol–water partition coefficient (Wildman–Crippen LogP) is 3.31. The van der Waals surface area contributed by atoms with Gasteiger partial charge in [-0.1, -0.05) is 13.8 Å². The highest BCUT2D eigenvalue weighted by Gasteiger charge is 2.31. The predicted molar refractivity (Wildman–Crippen MR) is 67.2 cm³/mol. The highest BCUT2D eigenvalue weighted by atomic mass is 15.0. The van der Waals surface area contributed by atoms with Gasteiger partial charge in [-0.3, -0.25) is 4.98 Å². The first kappa shape index (κ1) is 11.6. The van der Waals surface area contributed by atoms with E-state index in [0.717, 1.165) is 0 Å². The highest BCUT2D eigenvalue weighted by molar-refractivity contribution is 5.14. The van der Waals surface area contributed by atoms with Crippen LogP contribution in [0.25, 0.3) is 0 Å². The van der Waals surface area contributed by atoms with Gasteiger partial charge in [0.05, 0.1) is 0 Å². The fourth-order valence-electron chi connectivity index (χ4n) is 2.68. The summed E-state index contributed by atoms with van der Waals surface area (Å²) in [5.74, 6) is 0. The summed E-state index contributed by atoms with van der Waals surface area (Å²) in [5.41, 5.74) is 1.86. The summed E-state index contributed by atoms with van der Waals surface area (Å²) in [7, 11) is 0. The van der Waals surface area contributed by atoms with Crippen LogP contribution in [-0.2, 0) is 0 Å². The molecule has 1 N–H and O–H groups in total. The van der Waals surface area contributed by atoms with Gasteiger partial charge in [-0.2, -0.15) is 0 Å². The van der Waals surface area contributed by atoms with Gasteiger partial charge < -0.3 is 5.32 Å². The molecule has 1 heterocycles. The number of rotatable bonds is 3. The third-order valence-electron chi connectivity index (χ3n) is 3.66. The van der Waals surface area contributed by atoms with Crippen LogP contribution in [-0.4, -0.2) is 11.0 Å². The van der Waals surface area contributed by atoms with Crippen molar-refractivity contribution in [3.8, 4) is 0 Å². The molecule has 88 valence electrons. The van der Waals surface area contributed by atoms with Gasteiger partial charge in [-0.15, -0.1) is 0 Å². The van der Waals surface area contributed by atoms with Crippen molar-refractivity contribution in [1.29, 1.82) is 0 Å². The van der Waals surface area contributed by atoms with E-state index >= 15 is 0 Å². The SMILES string of the molecule is C[C@@H](NC1CCC(C)(C)C1)c1ccncc1. The maximum atomic E-state index is 4.05. The second-order valence-corrected chi connectivity index (χ2v) is 5.77. The number of aromatic nitrogens is 1. The van der Waals surface area contributed by atoms with E-state index in [-0.39, 0.29) is 0 Å². The van der Waals surface area contributed by atoms with Gasteiger partial charge >= 0.3 is 0 Å². The fraction of sp³-hybridized carbons (Fsp3) is 0.643. The standard InChI is InChI=1S/C14H22N2/c1-11(12-5-8-15-9-6-12)16-13-4-7-14(2,3)10-13/h5-6,8-9,11,13,16H,4,7,10H2,1-3H3/t11-,13?/m1/s1. The first-order valence-electron chi connectivity index (χ1n) is 6.23. The lowest BCUT2D eigenvalue weighted by Crippen LogP contribution is -2.30. The van der Waals surface area contributed by atoms with Crippen molar-refractivity contribution in [2.45, 2.75) is 52.1 Å². The Kier molecular flexibility index (Phi) is 3.29. The molecular weight excluding hydrogens is 196 g/mol. The molecule has 0 aromatic carbocycles. The first-order valence-corrected chi connectivity index (χ1v) is 6.23. The van der Waals surface area contributed by atoms with Crippen molar-refractivity contribution < 1.29 is 0 Å². The molecule has 16 heavy (non-hydrogen) atoms. The van der Waals surface area contributed by atoms with E-state index in [9.17, 15) is 0 Å². The number of nitrogens with zero attached hydrogens (tertiary/aromatic N) is 1. The molecule has 1 unspecified atom stereocenters. The summed E-state index contributed by atoms with van der Waals surface area (Å²) in [6, 6.07) is 5.30. The van der Waals surface area contributed by atoms with Crippen molar-refractivity contribution in [2.75, 3.05) is 0 Å². The number of pyridine rings is 1. The topological polar surface area (TPSA) is 24.9 Å². The van der Waals surface area contributed by atoms with Crippen LogP contribution in [0.5, 0.6) is 0 Å². The van der Waals surface area contributed by atoms with Crippen LogP contribution in [0.2, 0.25) is 0 Å². The Morgan fingerprint density at radius 1 is 1.38 bits per heavy atom. The number of nitrogens with one attached hydrogen (secondary N) is 1. The van der Waals surface area contributed by atoms with Crippen LogP contribution in [0, 0.1) is 5.41 Å². The van der Waals surface area contributed by atoms with Crippen molar-refractivity contribution in [2.24, 2.45) is 5.41 Å². The normalized spacial score (nSPS) is 25.6. The molecule has 1 aliphatic carbocycles. The minimum absolute atomic E-state index is 0.432. The Morgan fingerprint density at radius 2 is 2.06 bits per heavy atom. The second-order valence-electron chi connectivity index (χ2n) is 5.77. The summed E-state index contributed by atoms with van der Waals surface area (Å²) < 4.78 is 0. The molecule has 1 aliphatic rings. The molecule has 1 fully saturated rings. The summed E-state index contributed by atoms with van der Waals surface area (Å²) in [5, 5.41) is 3.72. The summed E-state index contributed by atoms with van der Waals surface area (Å²) in [6.45, 7) is 6.97. The zero-order valence-corrected chi connectivity index (χ0v) is 10.5. The minimum atomic E-state index is 0.432. The average molecular weight is 218 g/mol. The van der Waals surface area contributed by atoms with E-state index < -0.39 is 0 Å². The summed E-state index contributed by atoms with van der Waals surface area (Å²) in [6.07, 6.45) is 7.68. The van der Waals surface area contributed by atoms with Crippen LogP contribution < -0.4 is 5.32 Å². The smallest absolute Gasteiger partial charge is 0.0295 e. The van der Waals surface area contributed by atoms with Gasteiger partial charge in [0.15, 0.2) is 0 Å². The monoisotopic (exact) mass is 218 g/mol. The van der Waals surface area contributed by atoms with Gasteiger partial charge in [0, 0.05) is 24.5 Å². The van der Waals surface area contributed by atoms with E-state index in [4.69, 9.17) is 0 Å². The quantitative estimate of drug-likeness (QED) is 0.842. The largest absolute Gasteiger partial charge is 0.307 e. The summed E-state index contributed by atoms with van der Waals surface area (Å²) >= 11 is 0. The van der Waals surface area contributed by atoms with Crippen LogP contribution >= 0.6 is 0 Å². The lowest BCUT2D eigenvalue weighted by atomic mass is 9.91. The maximum Gasteiger partial charge on any atom is 0.0295 e. The minimum Gasteiger partial charge on any atom is -0.307 e. The molecule has 0 bridgehead atoms. The van der Waals surface area contributed by atoms with Crippen LogP contribution in [0.1, 0.15) is 51.6 Å². The van der Waals surface area contributed by atoms with E-state index in [0.29, 0.717) is 17.5 Å². The Labute approximate surface area is 98.5 Å². The molecule has 2 atom stereocenters. The van der Waals surface area contributed by atoms with Gasteiger partial charge in [0.25, 0.3) is 0 Å². The molecule has 1 aromatic heterocycles. The Bertz CT molecular complexity index is 332. The maximum absolute atomic E-state index is 4.05. The molecule has 2 heteroatoms. The van der Waals surface area contributed by atoms with Crippen molar-refractivity contribution in [1.82, 2.24) is 10.3 Å². The van der Waals surface area contributed by atoms with E-state index in [1.54, 1.807) is 0 Å². The van der Waals surface area contributed by atoms with Crippen molar-refractivity contribution in [3.63, 3.8) is 0 Å². The van der Waals surface area contributed by atoms with Gasteiger partial charge in [-0.25, -0.2) is 0 Å². The zero-order chi connectivity index (χ0) is 11.6. The summed E-state index contributed by atoms with van der Waals surface area (Å²) in [4.78, 5) is 4.05. The Morgan fingerprint density at radius 3 is 2.62 bits per heavy atom. The fourth-order valence-corrected chi connectivity index (χ4v) is 2.68. The zero-order valence-electron chi connectivity index (χ0n) is 10.5. The molecule has 0 amide bonds. The van der Waals surface area contributed by atoms with Crippen molar-refractivity contribution >= 4 is 0 Å².